The van der Waals surface area contributed by atoms with Gasteiger partial charge in [-0.05, 0) is 47.8 Å². The second-order valence-electron chi connectivity index (χ2n) is 7.79. The van der Waals surface area contributed by atoms with Crippen LogP contribution in [0.15, 0.2) is 0 Å². The molecule has 26 heavy (non-hydrogen) atoms. The van der Waals surface area contributed by atoms with E-state index in [1.807, 2.05) is 0 Å². The van der Waals surface area contributed by atoms with Gasteiger partial charge in [0, 0.05) is 6.42 Å². The minimum Gasteiger partial charge on any atom is -1.00 e. The number of hydrogen-bond donors (Lipinski definition) is 0. The van der Waals surface area contributed by atoms with Gasteiger partial charge in [-0.3, -0.25) is 0 Å². The van der Waals surface area contributed by atoms with E-state index in [1.165, 1.54) is 103 Å². The Bertz CT molecular complexity index is 319. The summed E-state index contributed by atoms with van der Waals surface area (Å²) in [4.78, 5) is 0. The second-order valence-corrected chi connectivity index (χ2v) is 9.22. The Labute approximate surface area is 185 Å². The van der Waals surface area contributed by atoms with Crippen molar-refractivity contribution in [3.8, 4) is 12.3 Å². The number of nitrogens with zero attached hydrogens (tertiary/aromatic N) is 1. The van der Waals surface area contributed by atoms with Crippen LogP contribution in [0.4, 0.5) is 0 Å². The molecule has 0 saturated carbocycles. The van der Waals surface area contributed by atoms with Gasteiger partial charge >= 0.3 is 0 Å². The summed E-state index contributed by atoms with van der Waals surface area (Å²) in [6.07, 6.45) is 25.0. The van der Waals surface area contributed by atoms with Crippen LogP contribution in [-0.2, 0) is 0 Å². The number of rotatable bonds is 18. The predicted molar refractivity (Wildman–Crippen MR) is 123 cm³/mol. The molecule has 0 aromatic heterocycles. The summed E-state index contributed by atoms with van der Waals surface area (Å²) in [5.41, 5.74) is 0. The highest BCUT2D eigenvalue weighted by Crippen LogP contribution is 2.27. The number of hydrogen-bond acceptors (Lipinski definition) is 0. The summed E-state index contributed by atoms with van der Waals surface area (Å²) in [7, 11) is 0. The average molecular weight is 498 g/mol. The standard InChI is InChI=1S/C23H45IN.ClH/c1-5-9-12-13-14-15-16-17-18-19-23(24)25(20-8-4,21-10-6-2)22-11-7-3;/h4,23H,5-7,9-22H2,1-3H3;1H/q+1;/p-1. The first-order valence-corrected chi connectivity index (χ1v) is 12.3. The molecule has 0 spiro atoms. The summed E-state index contributed by atoms with van der Waals surface area (Å²) < 4.78 is 1.85. The molecule has 1 unspecified atom stereocenters. The van der Waals surface area contributed by atoms with E-state index >= 15 is 0 Å². The van der Waals surface area contributed by atoms with Gasteiger partial charge in [0.2, 0.25) is 0 Å². The first-order chi connectivity index (χ1) is 12.2. The molecule has 0 aliphatic rings. The largest absolute Gasteiger partial charge is 1.00 e. The minimum absolute atomic E-state index is 0. The number of terminal acetylenes is 1. The van der Waals surface area contributed by atoms with Crippen LogP contribution >= 0.6 is 22.6 Å². The molecular weight excluding hydrogens is 453 g/mol. The number of unbranched alkanes of at least 4 members (excludes halogenated alkanes) is 10. The fraction of sp³-hybridized carbons (Fsp3) is 0.913. The van der Waals surface area contributed by atoms with Crippen molar-refractivity contribution in [2.45, 2.75) is 115 Å². The van der Waals surface area contributed by atoms with Crippen molar-refractivity contribution >= 4 is 22.6 Å². The van der Waals surface area contributed by atoms with Crippen LogP contribution < -0.4 is 12.4 Å². The van der Waals surface area contributed by atoms with Crippen LogP contribution in [0.3, 0.4) is 0 Å². The Hall–Kier alpha value is 0.540. The van der Waals surface area contributed by atoms with Gasteiger partial charge < -0.3 is 16.9 Å². The fourth-order valence-corrected chi connectivity index (χ4v) is 4.87. The molecule has 0 rings (SSSR count). The van der Waals surface area contributed by atoms with Crippen molar-refractivity contribution in [1.82, 2.24) is 0 Å². The fourth-order valence-electron chi connectivity index (χ4n) is 3.67. The first-order valence-electron chi connectivity index (χ1n) is 11.1. The molecule has 3 heteroatoms. The van der Waals surface area contributed by atoms with E-state index in [0.717, 1.165) is 11.0 Å². The maximum atomic E-state index is 5.77. The molecule has 0 fully saturated rings. The van der Waals surface area contributed by atoms with E-state index in [-0.39, 0.29) is 12.4 Å². The lowest BCUT2D eigenvalue weighted by Gasteiger charge is -2.41. The normalized spacial score (nSPS) is 12.4. The Morgan fingerprint density at radius 3 is 1.58 bits per heavy atom. The topological polar surface area (TPSA) is 0 Å². The first kappa shape index (κ1) is 28.7. The van der Waals surface area contributed by atoms with Crippen molar-refractivity contribution in [3.05, 3.63) is 0 Å². The van der Waals surface area contributed by atoms with Gasteiger partial charge in [0.1, 0.15) is 10.6 Å². The molecule has 1 atom stereocenters. The summed E-state index contributed by atoms with van der Waals surface area (Å²) in [5, 5.41) is 0. The van der Waals surface area contributed by atoms with Crippen LogP contribution in [-0.4, -0.2) is 28.2 Å². The van der Waals surface area contributed by atoms with E-state index in [2.05, 4.69) is 49.3 Å². The quantitative estimate of drug-likeness (QED) is 0.0642. The lowest BCUT2D eigenvalue weighted by molar-refractivity contribution is -0.928. The van der Waals surface area contributed by atoms with Gasteiger partial charge in [-0.25, -0.2) is 0 Å². The molecule has 0 aromatic rings. The van der Waals surface area contributed by atoms with E-state index in [0.29, 0.717) is 4.05 Å². The molecule has 0 aliphatic carbocycles. The molecule has 0 N–H and O–H groups in total. The van der Waals surface area contributed by atoms with Gasteiger partial charge in [0.05, 0.1) is 13.1 Å². The van der Waals surface area contributed by atoms with Gasteiger partial charge in [0.25, 0.3) is 0 Å². The Morgan fingerprint density at radius 2 is 1.15 bits per heavy atom. The third-order valence-corrected chi connectivity index (χ3v) is 7.26. The molecule has 1 nitrogen and oxygen atoms in total. The van der Waals surface area contributed by atoms with E-state index in [4.69, 9.17) is 6.42 Å². The van der Waals surface area contributed by atoms with Crippen LogP contribution in [0.2, 0.25) is 0 Å². The molecule has 0 heterocycles. The van der Waals surface area contributed by atoms with Crippen molar-refractivity contribution in [3.63, 3.8) is 0 Å². The van der Waals surface area contributed by atoms with Gasteiger partial charge in [-0.1, -0.05) is 85.0 Å². The molecular formula is C23H45ClIN. The van der Waals surface area contributed by atoms with E-state index in [9.17, 15) is 0 Å². The molecule has 156 valence electrons. The Morgan fingerprint density at radius 1 is 0.731 bits per heavy atom. The van der Waals surface area contributed by atoms with E-state index < -0.39 is 0 Å². The van der Waals surface area contributed by atoms with Crippen LogP contribution in [0, 0.1) is 12.3 Å². The SMILES string of the molecule is C#CC[N+](CCCC)(CCCC)C(I)CCCCCCCCCCC.[Cl-]. The maximum absolute atomic E-state index is 5.77. The maximum Gasteiger partial charge on any atom is 0.141 e. The van der Waals surface area contributed by atoms with Crippen molar-refractivity contribution in [1.29, 1.82) is 0 Å². The molecule has 0 radical (unpaired) electrons. The monoisotopic (exact) mass is 497 g/mol. The Balaban J connectivity index is 0. The van der Waals surface area contributed by atoms with Gasteiger partial charge in [-0.15, -0.1) is 6.42 Å². The van der Waals surface area contributed by atoms with Crippen molar-refractivity contribution in [2.24, 2.45) is 0 Å². The van der Waals surface area contributed by atoms with Gasteiger partial charge in [-0.2, -0.15) is 0 Å². The number of halogens is 2. The smallest absolute Gasteiger partial charge is 0.141 e. The van der Waals surface area contributed by atoms with E-state index in [1.54, 1.807) is 0 Å². The third kappa shape index (κ3) is 13.7. The zero-order valence-electron chi connectivity index (χ0n) is 17.9. The zero-order valence-corrected chi connectivity index (χ0v) is 20.8. The lowest BCUT2D eigenvalue weighted by Crippen LogP contribution is -3.00. The molecule has 0 bridgehead atoms. The van der Waals surface area contributed by atoms with Crippen LogP contribution in [0.5, 0.6) is 0 Å². The molecule has 0 amide bonds. The summed E-state index contributed by atoms with van der Waals surface area (Å²) >= 11 is 2.72. The molecule has 0 aromatic carbocycles. The molecule has 0 saturated heterocycles. The highest BCUT2D eigenvalue weighted by molar-refractivity contribution is 14.1. The highest BCUT2D eigenvalue weighted by atomic mass is 127. The Kier molecular flexibility index (Phi) is 22.4. The average Bonchev–Trinajstić information content (AvgIpc) is 2.62. The summed E-state index contributed by atoms with van der Waals surface area (Å²) in [6.45, 7) is 10.4. The van der Waals surface area contributed by atoms with Crippen LogP contribution in [0.1, 0.15) is 111 Å². The highest BCUT2D eigenvalue weighted by Gasteiger charge is 2.32. The van der Waals surface area contributed by atoms with Gasteiger partial charge in [0.15, 0.2) is 0 Å². The minimum atomic E-state index is 0. The summed E-state index contributed by atoms with van der Waals surface area (Å²) in [6, 6.07) is 0. The second kappa shape index (κ2) is 20.3. The van der Waals surface area contributed by atoms with Crippen molar-refractivity contribution in [2.75, 3.05) is 19.6 Å². The van der Waals surface area contributed by atoms with Crippen LogP contribution in [0.25, 0.3) is 0 Å². The van der Waals surface area contributed by atoms with Crippen molar-refractivity contribution < 1.29 is 16.9 Å². The third-order valence-electron chi connectivity index (χ3n) is 5.46. The summed E-state index contributed by atoms with van der Waals surface area (Å²) in [5.74, 6) is 3.01. The zero-order chi connectivity index (χ0) is 18.8. The number of quaternary nitrogens is 1. The molecule has 0 aliphatic heterocycles. The predicted octanol–water partition coefficient (Wildman–Crippen LogP) is 4.72. The lowest BCUT2D eigenvalue weighted by atomic mass is 10.1. The number of alkyl halides is 1.